The Morgan fingerprint density at radius 1 is 1.12 bits per heavy atom. The van der Waals surface area contributed by atoms with E-state index in [0.29, 0.717) is 35.8 Å². The third kappa shape index (κ3) is 7.78. The van der Waals surface area contributed by atoms with E-state index in [2.05, 4.69) is 21.8 Å². The van der Waals surface area contributed by atoms with Crippen LogP contribution in [0.15, 0.2) is 77.7 Å². The number of aliphatic hydroxyl groups is 1. The number of fused-ring (bicyclic) bond motifs is 1. The SMILES string of the molecule is COc1ccc(S(=O)(=O)Nc2ccc3c(c2)CC(=O)N([C@H](C)CO)C[C@H](C)[C@@H](CN(C)Cc2ccccc2)O3)cc1. The molecule has 3 aromatic rings. The number of carbonyl (C=O) groups excluding carboxylic acids is 1. The van der Waals surface area contributed by atoms with Gasteiger partial charge in [0.2, 0.25) is 5.91 Å². The zero-order valence-corrected chi connectivity index (χ0v) is 24.8. The highest BCUT2D eigenvalue weighted by Crippen LogP contribution is 2.30. The number of sulfonamides is 1. The zero-order valence-electron chi connectivity index (χ0n) is 24.0. The van der Waals surface area contributed by atoms with Gasteiger partial charge in [-0.2, -0.15) is 0 Å². The summed E-state index contributed by atoms with van der Waals surface area (Å²) in [5, 5.41) is 9.89. The van der Waals surface area contributed by atoms with Crippen molar-refractivity contribution in [3.05, 3.63) is 83.9 Å². The van der Waals surface area contributed by atoms with Crippen LogP contribution in [0.25, 0.3) is 0 Å². The van der Waals surface area contributed by atoms with Crippen molar-refractivity contribution in [1.29, 1.82) is 0 Å². The second kappa shape index (κ2) is 13.4. The first-order valence-corrected chi connectivity index (χ1v) is 15.2. The van der Waals surface area contributed by atoms with Crippen molar-refractivity contribution < 1.29 is 27.8 Å². The van der Waals surface area contributed by atoms with E-state index >= 15 is 0 Å². The molecule has 41 heavy (non-hydrogen) atoms. The first-order valence-electron chi connectivity index (χ1n) is 13.7. The van der Waals surface area contributed by atoms with Crippen LogP contribution in [0.4, 0.5) is 5.69 Å². The number of hydrogen-bond acceptors (Lipinski definition) is 7. The van der Waals surface area contributed by atoms with E-state index in [4.69, 9.17) is 9.47 Å². The monoisotopic (exact) mass is 581 g/mol. The highest BCUT2D eigenvalue weighted by Gasteiger charge is 2.31. The molecule has 0 spiro atoms. The van der Waals surface area contributed by atoms with E-state index in [1.165, 1.54) is 24.8 Å². The minimum Gasteiger partial charge on any atom is -0.497 e. The lowest BCUT2D eigenvalue weighted by molar-refractivity contribution is -0.134. The molecule has 0 aromatic heterocycles. The van der Waals surface area contributed by atoms with Gasteiger partial charge in [-0.15, -0.1) is 0 Å². The summed E-state index contributed by atoms with van der Waals surface area (Å²) in [4.78, 5) is 17.4. The Labute approximate surface area is 242 Å². The second-order valence-corrected chi connectivity index (χ2v) is 12.4. The van der Waals surface area contributed by atoms with Crippen molar-refractivity contribution in [2.24, 2.45) is 5.92 Å². The van der Waals surface area contributed by atoms with Crippen LogP contribution in [0.2, 0.25) is 0 Å². The molecule has 10 heteroatoms. The maximum atomic E-state index is 13.5. The van der Waals surface area contributed by atoms with Crippen LogP contribution >= 0.6 is 0 Å². The maximum Gasteiger partial charge on any atom is 0.261 e. The van der Waals surface area contributed by atoms with E-state index in [9.17, 15) is 18.3 Å². The number of nitrogens with zero attached hydrogens (tertiary/aromatic N) is 2. The van der Waals surface area contributed by atoms with Gasteiger partial charge in [0.15, 0.2) is 0 Å². The number of rotatable bonds is 10. The van der Waals surface area contributed by atoms with E-state index in [-0.39, 0.29) is 41.9 Å². The molecule has 9 nitrogen and oxygen atoms in total. The minimum absolute atomic E-state index is 0.0110. The van der Waals surface area contributed by atoms with Gasteiger partial charge in [0, 0.05) is 36.8 Å². The van der Waals surface area contributed by atoms with E-state index < -0.39 is 10.0 Å². The topological polar surface area (TPSA) is 108 Å². The van der Waals surface area contributed by atoms with Gasteiger partial charge in [-0.3, -0.25) is 14.4 Å². The summed E-state index contributed by atoms with van der Waals surface area (Å²) in [6.45, 7) is 5.48. The first-order chi connectivity index (χ1) is 19.6. The number of anilines is 1. The van der Waals surface area contributed by atoms with Crippen LogP contribution < -0.4 is 14.2 Å². The average Bonchev–Trinajstić information content (AvgIpc) is 3.00. The molecule has 0 radical (unpaired) electrons. The van der Waals surface area contributed by atoms with Crippen molar-refractivity contribution in [3.63, 3.8) is 0 Å². The number of ether oxygens (including phenoxy) is 2. The number of amides is 1. The zero-order chi connectivity index (χ0) is 29.6. The molecule has 3 atom stereocenters. The molecule has 2 N–H and O–H groups in total. The van der Waals surface area contributed by atoms with Crippen molar-refractivity contribution >= 4 is 21.6 Å². The normalized spacial score (nSPS) is 18.5. The fourth-order valence-corrected chi connectivity index (χ4v) is 6.00. The number of methoxy groups -OCH3 is 1. The Morgan fingerprint density at radius 3 is 2.49 bits per heavy atom. The van der Waals surface area contributed by atoms with Crippen LogP contribution in [-0.4, -0.2) is 75.2 Å². The first kappa shape index (κ1) is 30.4. The maximum absolute atomic E-state index is 13.5. The lowest BCUT2D eigenvalue weighted by atomic mass is 10.0. The molecular weight excluding hydrogens is 542 g/mol. The minimum atomic E-state index is -3.88. The summed E-state index contributed by atoms with van der Waals surface area (Å²) >= 11 is 0. The lowest BCUT2D eigenvalue weighted by Gasteiger charge is -2.34. The fourth-order valence-electron chi connectivity index (χ4n) is 4.95. The van der Waals surface area contributed by atoms with Crippen molar-refractivity contribution in [2.45, 2.75) is 43.9 Å². The quantitative estimate of drug-likeness (QED) is 0.375. The molecule has 1 heterocycles. The number of nitrogens with one attached hydrogen (secondary N) is 1. The molecule has 0 saturated carbocycles. The third-order valence-corrected chi connectivity index (χ3v) is 8.72. The summed E-state index contributed by atoms with van der Waals surface area (Å²) in [6.07, 6.45) is -0.250. The Bertz CT molecular complexity index is 1420. The van der Waals surface area contributed by atoms with Crippen LogP contribution in [0, 0.1) is 5.92 Å². The standard InChI is InChI=1S/C31H39N3O6S/c1-22-18-34(23(2)21-35)31(36)17-25-16-26(32-41(37,38)28-13-11-27(39-4)12-14-28)10-15-29(25)40-30(22)20-33(3)19-24-8-6-5-7-9-24/h5-16,22-23,30,32,35H,17-21H2,1-4H3/t22-,23+,30+/m0/s1. The molecular formula is C31H39N3O6S. The van der Waals surface area contributed by atoms with Gasteiger partial charge < -0.3 is 19.5 Å². The molecule has 0 bridgehead atoms. The predicted octanol–water partition coefficient (Wildman–Crippen LogP) is 3.78. The van der Waals surface area contributed by atoms with E-state index in [0.717, 1.165) is 6.54 Å². The van der Waals surface area contributed by atoms with Gasteiger partial charge in [0.25, 0.3) is 10.0 Å². The molecule has 3 aromatic carbocycles. The molecule has 1 amide bonds. The largest absolute Gasteiger partial charge is 0.497 e. The number of benzene rings is 3. The summed E-state index contributed by atoms with van der Waals surface area (Å²) < 4.78 is 40.4. The molecule has 1 aliphatic rings. The average molecular weight is 582 g/mol. The molecule has 4 rings (SSSR count). The fraction of sp³-hybridized carbons (Fsp3) is 0.387. The Hall–Kier alpha value is -3.60. The van der Waals surface area contributed by atoms with E-state index in [1.54, 1.807) is 35.2 Å². The smallest absolute Gasteiger partial charge is 0.261 e. The van der Waals surface area contributed by atoms with Crippen molar-refractivity contribution in [2.75, 3.05) is 38.6 Å². The third-order valence-electron chi connectivity index (χ3n) is 7.33. The van der Waals surface area contributed by atoms with Gasteiger partial charge in [0.1, 0.15) is 17.6 Å². The predicted molar refractivity (Wildman–Crippen MR) is 159 cm³/mol. The molecule has 0 aliphatic carbocycles. The second-order valence-electron chi connectivity index (χ2n) is 10.7. The van der Waals surface area contributed by atoms with Gasteiger partial charge >= 0.3 is 0 Å². The molecule has 0 saturated heterocycles. The van der Waals surface area contributed by atoms with Crippen LogP contribution in [0.5, 0.6) is 11.5 Å². The van der Waals surface area contributed by atoms with E-state index in [1.807, 2.05) is 39.1 Å². The Kier molecular flexibility index (Phi) is 9.90. The van der Waals surface area contributed by atoms with Crippen molar-refractivity contribution in [3.8, 4) is 11.5 Å². The van der Waals surface area contributed by atoms with Crippen LogP contribution in [-0.2, 0) is 27.8 Å². The van der Waals surface area contributed by atoms with Crippen LogP contribution in [0.1, 0.15) is 25.0 Å². The van der Waals surface area contributed by atoms with Crippen molar-refractivity contribution in [1.82, 2.24) is 9.80 Å². The summed E-state index contributed by atoms with van der Waals surface area (Å²) in [7, 11) is -0.328. The van der Waals surface area contributed by atoms with Gasteiger partial charge in [-0.1, -0.05) is 37.3 Å². The number of hydrogen-bond donors (Lipinski definition) is 2. The number of aliphatic hydroxyl groups excluding tert-OH is 1. The lowest BCUT2D eigenvalue weighted by Crippen LogP contribution is -2.47. The summed E-state index contributed by atoms with van der Waals surface area (Å²) in [5.74, 6) is 0.896. The van der Waals surface area contributed by atoms with Crippen LogP contribution in [0.3, 0.4) is 0 Å². The van der Waals surface area contributed by atoms with Gasteiger partial charge in [0.05, 0.1) is 31.1 Å². The molecule has 0 fully saturated rings. The number of likely N-dealkylation sites (N-methyl/N-ethyl adjacent to an activating group) is 1. The Morgan fingerprint density at radius 2 is 1.83 bits per heavy atom. The molecule has 0 unspecified atom stereocenters. The van der Waals surface area contributed by atoms with Gasteiger partial charge in [-0.05, 0) is 62.0 Å². The molecule has 1 aliphatic heterocycles. The highest BCUT2D eigenvalue weighted by molar-refractivity contribution is 7.92. The van der Waals surface area contributed by atoms with Gasteiger partial charge in [-0.25, -0.2) is 8.42 Å². The molecule has 220 valence electrons. The Balaban J connectivity index is 1.62. The highest BCUT2D eigenvalue weighted by atomic mass is 32.2. The summed E-state index contributed by atoms with van der Waals surface area (Å²) in [6, 6.07) is 20.9. The summed E-state index contributed by atoms with van der Waals surface area (Å²) in [5.41, 5.74) is 2.08. The number of carbonyl (C=O) groups is 1.